The lowest BCUT2D eigenvalue weighted by molar-refractivity contribution is -0.123. The summed E-state index contributed by atoms with van der Waals surface area (Å²) in [4.78, 5) is 11.8. The van der Waals surface area contributed by atoms with Crippen LogP contribution in [0.4, 0.5) is 14.5 Å². The van der Waals surface area contributed by atoms with Crippen molar-refractivity contribution >= 4 is 23.2 Å². The topological polar surface area (TPSA) is 55.1 Å². The Bertz CT molecular complexity index is 452. The Kier molecular flexibility index (Phi) is 3.05. The number of rotatable bonds is 2. The molecule has 0 saturated heterocycles. The normalized spacial score (nSPS) is 17.4. The number of benzene rings is 1. The van der Waals surface area contributed by atoms with Gasteiger partial charge in [-0.3, -0.25) is 4.79 Å². The van der Waals surface area contributed by atoms with Crippen LogP contribution in [0.2, 0.25) is 5.02 Å². The molecule has 0 atom stereocenters. The number of nitrogens with one attached hydrogen (secondary N) is 1. The van der Waals surface area contributed by atoms with Crippen LogP contribution in [0.5, 0.6) is 0 Å². The molecule has 0 aliphatic heterocycles. The van der Waals surface area contributed by atoms with Crippen molar-refractivity contribution < 1.29 is 13.6 Å². The molecule has 0 spiro atoms. The maximum Gasteiger partial charge on any atom is 0.244 e. The molecule has 92 valence electrons. The van der Waals surface area contributed by atoms with Crippen molar-refractivity contribution in [3.63, 3.8) is 0 Å². The molecule has 3 N–H and O–H groups in total. The summed E-state index contributed by atoms with van der Waals surface area (Å²) < 4.78 is 26.2. The van der Waals surface area contributed by atoms with Crippen molar-refractivity contribution in [3.8, 4) is 0 Å². The molecule has 1 aliphatic carbocycles. The average molecular weight is 261 g/mol. The first kappa shape index (κ1) is 12.3. The highest BCUT2D eigenvalue weighted by atomic mass is 35.5. The van der Waals surface area contributed by atoms with Crippen molar-refractivity contribution in [3.05, 3.63) is 28.8 Å². The average Bonchev–Trinajstić information content (AvgIpc) is 2.19. The SMILES string of the molecule is NC1(C(=O)Nc2c(F)cc(F)cc2Cl)CCC1. The minimum atomic E-state index is -0.954. The lowest BCUT2D eigenvalue weighted by atomic mass is 9.77. The number of amides is 1. The van der Waals surface area contributed by atoms with Crippen molar-refractivity contribution in [1.29, 1.82) is 0 Å². The van der Waals surface area contributed by atoms with E-state index in [0.717, 1.165) is 12.5 Å². The highest BCUT2D eigenvalue weighted by Crippen LogP contribution is 2.32. The zero-order valence-electron chi connectivity index (χ0n) is 8.90. The quantitative estimate of drug-likeness (QED) is 0.858. The molecular weight excluding hydrogens is 250 g/mol. The fraction of sp³-hybridized carbons (Fsp3) is 0.364. The van der Waals surface area contributed by atoms with Gasteiger partial charge >= 0.3 is 0 Å². The molecule has 0 radical (unpaired) electrons. The summed E-state index contributed by atoms with van der Waals surface area (Å²) in [6, 6.07) is 1.59. The van der Waals surface area contributed by atoms with E-state index >= 15 is 0 Å². The van der Waals surface area contributed by atoms with Crippen molar-refractivity contribution in [1.82, 2.24) is 0 Å². The number of carbonyl (C=O) groups is 1. The fourth-order valence-corrected chi connectivity index (χ4v) is 1.93. The van der Waals surface area contributed by atoms with E-state index in [1.165, 1.54) is 0 Å². The second-order valence-electron chi connectivity index (χ2n) is 4.21. The smallest absolute Gasteiger partial charge is 0.244 e. The molecule has 17 heavy (non-hydrogen) atoms. The molecule has 0 heterocycles. The van der Waals surface area contributed by atoms with E-state index in [0.29, 0.717) is 18.9 Å². The van der Waals surface area contributed by atoms with Gasteiger partial charge in [0.2, 0.25) is 5.91 Å². The zero-order chi connectivity index (χ0) is 12.6. The highest BCUT2D eigenvalue weighted by molar-refractivity contribution is 6.33. The lowest BCUT2D eigenvalue weighted by Gasteiger charge is -2.36. The first-order valence-corrected chi connectivity index (χ1v) is 5.55. The predicted octanol–water partition coefficient (Wildman–Crippen LogP) is 2.44. The summed E-state index contributed by atoms with van der Waals surface area (Å²) in [5.41, 5.74) is 4.59. The summed E-state index contributed by atoms with van der Waals surface area (Å²) >= 11 is 5.65. The van der Waals surface area contributed by atoms with E-state index in [1.54, 1.807) is 0 Å². The number of hydrogen-bond donors (Lipinski definition) is 2. The largest absolute Gasteiger partial charge is 0.321 e. The Morgan fingerprint density at radius 1 is 1.41 bits per heavy atom. The van der Waals surface area contributed by atoms with Gasteiger partial charge in [0.1, 0.15) is 5.82 Å². The molecule has 1 aromatic rings. The van der Waals surface area contributed by atoms with Gasteiger partial charge in [0.05, 0.1) is 16.2 Å². The molecular formula is C11H11ClF2N2O. The van der Waals surface area contributed by atoms with Crippen LogP contribution in [-0.4, -0.2) is 11.4 Å². The molecule has 6 heteroatoms. The Hall–Kier alpha value is -1.20. The van der Waals surface area contributed by atoms with Crippen LogP contribution in [0.1, 0.15) is 19.3 Å². The monoisotopic (exact) mass is 260 g/mol. The van der Waals surface area contributed by atoms with Crippen LogP contribution in [0.15, 0.2) is 12.1 Å². The van der Waals surface area contributed by atoms with E-state index in [2.05, 4.69) is 5.32 Å². The molecule has 1 aromatic carbocycles. The second-order valence-corrected chi connectivity index (χ2v) is 4.62. The standard InChI is InChI=1S/C11H11ClF2N2O/c12-7-4-6(13)5-8(14)9(7)16-10(17)11(15)2-1-3-11/h4-5H,1-3,15H2,(H,16,17). The Labute approximate surface area is 102 Å². The molecule has 0 unspecified atom stereocenters. The van der Waals surface area contributed by atoms with Gasteiger partial charge in [-0.25, -0.2) is 8.78 Å². The van der Waals surface area contributed by atoms with Crippen LogP contribution in [0, 0.1) is 11.6 Å². The number of nitrogens with two attached hydrogens (primary N) is 1. The zero-order valence-corrected chi connectivity index (χ0v) is 9.65. The van der Waals surface area contributed by atoms with Crippen LogP contribution in [0.25, 0.3) is 0 Å². The third kappa shape index (κ3) is 2.25. The van der Waals surface area contributed by atoms with Gasteiger partial charge in [0.25, 0.3) is 0 Å². The van der Waals surface area contributed by atoms with Gasteiger partial charge in [0.15, 0.2) is 5.82 Å². The number of hydrogen-bond acceptors (Lipinski definition) is 2. The minimum absolute atomic E-state index is 0.182. The van der Waals surface area contributed by atoms with E-state index < -0.39 is 23.1 Å². The van der Waals surface area contributed by atoms with E-state index in [1.807, 2.05) is 0 Å². The Morgan fingerprint density at radius 3 is 2.53 bits per heavy atom. The van der Waals surface area contributed by atoms with Crippen LogP contribution >= 0.6 is 11.6 Å². The summed E-state index contributed by atoms with van der Waals surface area (Å²) in [6.07, 6.45) is 1.97. The second kappa shape index (κ2) is 4.23. The van der Waals surface area contributed by atoms with Gasteiger partial charge in [-0.05, 0) is 25.3 Å². The first-order valence-electron chi connectivity index (χ1n) is 5.17. The molecule has 0 bridgehead atoms. The Balaban J connectivity index is 2.21. The summed E-state index contributed by atoms with van der Waals surface area (Å²) in [7, 11) is 0. The summed E-state index contributed by atoms with van der Waals surface area (Å²) in [5.74, 6) is -2.20. The fourth-order valence-electron chi connectivity index (χ4n) is 1.68. The number of halogens is 3. The number of carbonyl (C=O) groups excluding carboxylic acids is 1. The van der Waals surface area contributed by atoms with Crippen LogP contribution < -0.4 is 11.1 Å². The third-order valence-electron chi connectivity index (χ3n) is 2.94. The van der Waals surface area contributed by atoms with Gasteiger partial charge in [-0.1, -0.05) is 11.6 Å². The molecule has 1 fully saturated rings. The van der Waals surface area contributed by atoms with E-state index in [9.17, 15) is 13.6 Å². The first-order chi connectivity index (χ1) is 7.92. The van der Waals surface area contributed by atoms with Crippen molar-refractivity contribution in [2.75, 3.05) is 5.32 Å². The Morgan fingerprint density at radius 2 is 2.06 bits per heavy atom. The van der Waals surface area contributed by atoms with E-state index in [4.69, 9.17) is 17.3 Å². The molecule has 1 saturated carbocycles. The third-order valence-corrected chi connectivity index (χ3v) is 3.24. The van der Waals surface area contributed by atoms with Crippen molar-refractivity contribution in [2.45, 2.75) is 24.8 Å². The van der Waals surface area contributed by atoms with Gasteiger partial charge in [-0.2, -0.15) is 0 Å². The summed E-state index contributed by atoms with van der Waals surface area (Å²) in [6.45, 7) is 0. The molecule has 0 aromatic heterocycles. The maximum absolute atomic E-state index is 13.4. The summed E-state index contributed by atoms with van der Waals surface area (Å²) in [5, 5.41) is 2.13. The van der Waals surface area contributed by atoms with E-state index in [-0.39, 0.29) is 10.7 Å². The predicted molar refractivity (Wildman–Crippen MR) is 60.8 cm³/mol. The minimum Gasteiger partial charge on any atom is -0.321 e. The molecule has 1 amide bonds. The van der Waals surface area contributed by atoms with Gasteiger partial charge < -0.3 is 11.1 Å². The van der Waals surface area contributed by atoms with Crippen molar-refractivity contribution in [2.24, 2.45) is 5.73 Å². The van der Waals surface area contributed by atoms with Gasteiger partial charge in [-0.15, -0.1) is 0 Å². The molecule has 1 aliphatic rings. The maximum atomic E-state index is 13.4. The molecule has 2 rings (SSSR count). The molecule has 3 nitrogen and oxygen atoms in total. The van der Waals surface area contributed by atoms with Gasteiger partial charge in [0, 0.05) is 6.07 Å². The lowest BCUT2D eigenvalue weighted by Crippen LogP contribution is -2.56. The van der Waals surface area contributed by atoms with Crippen LogP contribution in [-0.2, 0) is 4.79 Å². The highest BCUT2D eigenvalue weighted by Gasteiger charge is 2.40. The number of anilines is 1. The van der Waals surface area contributed by atoms with Crippen LogP contribution in [0.3, 0.4) is 0 Å².